The highest BCUT2D eigenvalue weighted by Gasteiger charge is 2.11. The molecule has 0 aliphatic heterocycles. The average molecular weight is 239 g/mol. The quantitative estimate of drug-likeness (QED) is 0.746. The molecule has 0 bridgehead atoms. The molecule has 0 radical (unpaired) electrons. The predicted molar refractivity (Wildman–Crippen MR) is 64.2 cm³/mol. The summed E-state index contributed by atoms with van der Waals surface area (Å²) in [6.07, 6.45) is 1.38. The van der Waals surface area contributed by atoms with E-state index in [0.717, 1.165) is 0 Å². The first-order valence-electron chi connectivity index (χ1n) is 5.20. The topological polar surface area (TPSA) is 77.6 Å². The second-order valence-electron chi connectivity index (χ2n) is 4.02. The van der Waals surface area contributed by atoms with Gasteiger partial charge in [0.05, 0.1) is 5.56 Å². The molecule has 6 heteroatoms. The summed E-state index contributed by atoms with van der Waals surface area (Å²) in [6, 6.07) is 1.27. The molecule has 2 N–H and O–H groups in total. The van der Waals surface area contributed by atoms with Crippen LogP contribution in [0.4, 0.5) is 0 Å². The molecule has 0 unspecified atom stereocenters. The fraction of sp³-hybridized carbons (Fsp3) is 0.455. The maximum atomic E-state index is 11.4. The van der Waals surface area contributed by atoms with Crippen LogP contribution in [0.1, 0.15) is 10.4 Å². The summed E-state index contributed by atoms with van der Waals surface area (Å²) in [6.45, 7) is 1.08. The lowest BCUT2D eigenvalue weighted by molar-refractivity contribution is 0.0995. The van der Waals surface area contributed by atoms with E-state index in [1.54, 1.807) is 7.05 Å². The highest BCUT2D eigenvalue weighted by Crippen LogP contribution is 2.14. The zero-order valence-corrected chi connectivity index (χ0v) is 10.3. The summed E-state index contributed by atoms with van der Waals surface area (Å²) in [4.78, 5) is 24.6. The van der Waals surface area contributed by atoms with Crippen molar-refractivity contribution in [2.75, 3.05) is 27.2 Å². The third kappa shape index (κ3) is 3.60. The number of likely N-dealkylation sites (N-methyl/N-ethyl adjacent to an activating group) is 1. The molecule has 0 fully saturated rings. The molecular formula is C11H17N3O3. The predicted octanol–water partition coefficient (Wildman–Crippen LogP) is -0.575. The first kappa shape index (κ1) is 13.2. The van der Waals surface area contributed by atoms with Gasteiger partial charge in [-0.1, -0.05) is 0 Å². The second-order valence-corrected chi connectivity index (χ2v) is 4.02. The van der Waals surface area contributed by atoms with Crippen molar-refractivity contribution in [2.24, 2.45) is 12.8 Å². The van der Waals surface area contributed by atoms with E-state index in [0.29, 0.717) is 13.2 Å². The molecule has 6 nitrogen and oxygen atoms in total. The SMILES string of the molecule is CN(C)CCOc1cc(=O)n(C)cc1C(N)=O. The standard InChI is InChI=1S/C11H17N3O3/c1-13(2)4-5-17-9-6-10(15)14(3)7-8(9)11(12)16/h6-7H,4-5H2,1-3H3,(H2,12,16). The number of carbonyl (C=O) groups is 1. The Morgan fingerprint density at radius 1 is 1.53 bits per heavy atom. The van der Waals surface area contributed by atoms with Crippen LogP contribution >= 0.6 is 0 Å². The number of ether oxygens (including phenoxy) is 1. The van der Waals surface area contributed by atoms with Gasteiger partial charge in [0.15, 0.2) is 0 Å². The summed E-state index contributed by atoms with van der Waals surface area (Å²) in [5.74, 6) is -0.372. The number of nitrogens with two attached hydrogens (primary N) is 1. The number of primary amides is 1. The summed E-state index contributed by atoms with van der Waals surface area (Å²) in [5, 5.41) is 0. The fourth-order valence-electron chi connectivity index (χ4n) is 1.26. The first-order chi connectivity index (χ1) is 7.91. The first-order valence-corrected chi connectivity index (χ1v) is 5.20. The molecule has 1 rings (SSSR count). The van der Waals surface area contributed by atoms with Gasteiger partial charge in [-0.2, -0.15) is 0 Å². The van der Waals surface area contributed by atoms with E-state index in [1.807, 2.05) is 19.0 Å². The molecule has 1 aromatic rings. The van der Waals surface area contributed by atoms with Gasteiger partial charge in [-0.25, -0.2) is 0 Å². The zero-order chi connectivity index (χ0) is 13.0. The summed E-state index contributed by atoms with van der Waals surface area (Å²) in [7, 11) is 5.36. The smallest absolute Gasteiger partial charge is 0.254 e. The van der Waals surface area contributed by atoms with Crippen LogP contribution in [0.3, 0.4) is 0 Å². The Morgan fingerprint density at radius 2 is 2.18 bits per heavy atom. The Hall–Kier alpha value is -1.82. The molecular weight excluding hydrogens is 222 g/mol. The summed E-state index contributed by atoms with van der Waals surface area (Å²) < 4.78 is 6.68. The van der Waals surface area contributed by atoms with Crippen molar-refractivity contribution in [3.8, 4) is 5.75 Å². The minimum Gasteiger partial charge on any atom is -0.491 e. The van der Waals surface area contributed by atoms with E-state index in [-0.39, 0.29) is 16.9 Å². The summed E-state index contributed by atoms with van der Waals surface area (Å²) in [5.41, 5.74) is 5.19. The lowest BCUT2D eigenvalue weighted by atomic mass is 10.2. The molecule has 0 spiro atoms. The monoisotopic (exact) mass is 239 g/mol. The average Bonchev–Trinajstić information content (AvgIpc) is 2.22. The highest BCUT2D eigenvalue weighted by atomic mass is 16.5. The van der Waals surface area contributed by atoms with Crippen LogP contribution in [0.25, 0.3) is 0 Å². The number of hydrogen-bond acceptors (Lipinski definition) is 4. The summed E-state index contributed by atoms with van der Waals surface area (Å²) >= 11 is 0. The Morgan fingerprint density at radius 3 is 2.71 bits per heavy atom. The molecule has 1 aromatic heterocycles. The van der Waals surface area contributed by atoms with Crippen LogP contribution in [-0.4, -0.2) is 42.6 Å². The Balaban J connectivity index is 2.93. The fourth-order valence-corrected chi connectivity index (χ4v) is 1.26. The van der Waals surface area contributed by atoms with Crippen molar-refractivity contribution in [2.45, 2.75) is 0 Å². The molecule has 1 heterocycles. The van der Waals surface area contributed by atoms with Crippen LogP contribution < -0.4 is 16.0 Å². The van der Waals surface area contributed by atoms with Gasteiger partial charge in [0.2, 0.25) is 0 Å². The Bertz CT molecular complexity index is 466. The van der Waals surface area contributed by atoms with Gasteiger partial charge in [0, 0.05) is 25.9 Å². The van der Waals surface area contributed by atoms with Crippen LogP contribution in [0.5, 0.6) is 5.75 Å². The lowest BCUT2D eigenvalue weighted by Crippen LogP contribution is -2.24. The number of nitrogens with zero attached hydrogens (tertiary/aromatic N) is 2. The van der Waals surface area contributed by atoms with Gasteiger partial charge in [0.1, 0.15) is 12.4 Å². The number of carbonyl (C=O) groups excluding carboxylic acids is 1. The maximum Gasteiger partial charge on any atom is 0.254 e. The van der Waals surface area contributed by atoms with Crippen molar-refractivity contribution in [3.63, 3.8) is 0 Å². The molecule has 0 saturated heterocycles. The van der Waals surface area contributed by atoms with Crippen molar-refractivity contribution >= 4 is 5.91 Å². The number of aromatic nitrogens is 1. The van der Waals surface area contributed by atoms with E-state index < -0.39 is 5.91 Å². The lowest BCUT2D eigenvalue weighted by Gasteiger charge is -2.13. The van der Waals surface area contributed by atoms with Crippen molar-refractivity contribution in [3.05, 3.63) is 28.2 Å². The van der Waals surface area contributed by atoms with E-state index in [4.69, 9.17) is 10.5 Å². The molecule has 17 heavy (non-hydrogen) atoms. The molecule has 94 valence electrons. The van der Waals surface area contributed by atoms with E-state index in [9.17, 15) is 9.59 Å². The third-order valence-electron chi connectivity index (χ3n) is 2.25. The number of rotatable bonds is 5. The van der Waals surface area contributed by atoms with E-state index >= 15 is 0 Å². The molecule has 0 aliphatic rings. The Labute approximate surface area is 99.6 Å². The zero-order valence-electron chi connectivity index (χ0n) is 10.3. The number of amides is 1. The van der Waals surface area contributed by atoms with Crippen molar-refractivity contribution in [1.82, 2.24) is 9.47 Å². The van der Waals surface area contributed by atoms with E-state index in [1.165, 1.54) is 16.8 Å². The minimum absolute atomic E-state index is 0.214. The normalized spacial score (nSPS) is 10.6. The highest BCUT2D eigenvalue weighted by molar-refractivity contribution is 5.95. The Kier molecular flexibility index (Phi) is 4.28. The minimum atomic E-state index is -0.611. The van der Waals surface area contributed by atoms with Gasteiger partial charge in [-0.05, 0) is 14.1 Å². The van der Waals surface area contributed by atoms with Crippen LogP contribution in [-0.2, 0) is 7.05 Å². The number of hydrogen-bond donors (Lipinski definition) is 1. The largest absolute Gasteiger partial charge is 0.491 e. The van der Waals surface area contributed by atoms with Gasteiger partial charge in [0.25, 0.3) is 11.5 Å². The molecule has 0 atom stereocenters. The van der Waals surface area contributed by atoms with Crippen LogP contribution in [0, 0.1) is 0 Å². The van der Waals surface area contributed by atoms with Gasteiger partial charge in [-0.15, -0.1) is 0 Å². The van der Waals surface area contributed by atoms with Crippen LogP contribution in [0.2, 0.25) is 0 Å². The molecule has 1 amide bonds. The number of aryl methyl sites for hydroxylation is 1. The number of pyridine rings is 1. The maximum absolute atomic E-state index is 11.4. The molecule has 0 aliphatic carbocycles. The molecule has 0 saturated carbocycles. The van der Waals surface area contributed by atoms with Gasteiger partial charge >= 0.3 is 0 Å². The van der Waals surface area contributed by atoms with Crippen LogP contribution in [0.15, 0.2) is 17.1 Å². The van der Waals surface area contributed by atoms with Gasteiger partial charge < -0.3 is 19.9 Å². The third-order valence-corrected chi connectivity index (χ3v) is 2.25. The van der Waals surface area contributed by atoms with Gasteiger partial charge in [-0.3, -0.25) is 9.59 Å². The molecule has 0 aromatic carbocycles. The van der Waals surface area contributed by atoms with E-state index in [2.05, 4.69) is 0 Å². The van der Waals surface area contributed by atoms with Crippen molar-refractivity contribution in [1.29, 1.82) is 0 Å². The second kappa shape index (κ2) is 5.49. The van der Waals surface area contributed by atoms with Crippen molar-refractivity contribution < 1.29 is 9.53 Å².